The van der Waals surface area contributed by atoms with Crippen LogP contribution in [0.25, 0.3) is 0 Å². The van der Waals surface area contributed by atoms with Crippen molar-refractivity contribution in [2.45, 2.75) is 19.4 Å². The van der Waals surface area contributed by atoms with E-state index in [1.807, 2.05) is 37.3 Å². The Morgan fingerprint density at radius 3 is 2.37 bits per heavy atom. The lowest BCUT2D eigenvalue weighted by Gasteiger charge is -2.14. The monoisotopic (exact) mass is 313 g/mol. The lowest BCUT2D eigenvalue weighted by Crippen LogP contribution is -2.13. The van der Waals surface area contributed by atoms with Crippen molar-refractivity contribution in [3.63, 3.8) is 0 Å². The fourth-order valence-electron chi connectivity index (χ4n) is 2.02. The molecule has 0 fully saturated rings. The summed E-state index contributed by atoms with van der Waals surface area (Å²) in [5.41, 5.74) is 9.40. The first-order chi connectivity index (χ1) is 8.95. The minimum atomic E-state index is -0.116. The second kappa shape index (κ2) is 6.15. The van der Waals surface area contributed by atoms with Gasteiger partial charge in [0, 0.05) is 11.1 Å². The summed E-state index contributed by atoms with van der Waals surface area (Å²) in [7, 11) is 0. The molecule has 2 rings (SSSR count). The lowest BCUT2D eigenvalue weighted by atomic mass is 9.98. The molecule has 0 aliphatic carbocycles. The Labute approximate surface area is 128 Å². The van der Waals surface area contributed by atoms with Crippen LogP contribution in [0.15, 0.2) is 36.4 Å². The van der Waals surface area contributed by atoms with Gasteiger partial charge in [-0.3, -0.25) is 0 Å². The number of halogens is 3. The van der Waals surface area contributed by atoms with Gasteiger partial charge in [0.2, 0.25) is 0 Å². The molecule has 0 aromatic heterocycles. The first-order valence-electron chi connectivity index (χ1n) is 5.92. The molecule has 0 aliphatic rings. The van der Waals surface area contributed by atoms with E-state index in [1.165, 1.54) is 0 Å². The highest BCUT2D eigenvalue weighted by Crippen LogP contribution is 2.26. The van der Waals surface area contributed by atoms with E-state index in [-0.39, 0.29) is 6.04 Å². The first-order valence-corrected chi connectivity index (χ1v) is 7.05. The molecular formula is C15H14Cl3N. The molecule has 0 bridgehead atoms. The fourth-order valence-corrected chi connectivity index (χ4v) is 2.64. The molecule has 100 valence electrons. The molecule has 2 N–H and O–H groups in total. The van der Waals surface area contributed by atoms with Crippen LogP contribution in [0.2, 0.25) is 15.1 Å². The number of benzene rings is 2. The minimum Gasteiger partial charge on any atom is -0.324 e. The predicted molar refractivity (Wildman–Crippen MR) is 83.3 cm³/mol. The maximum absolute atomic E-state index is 6.22. The van der Waals surface area contributed by atoms with E-state index in [0.717, 1.165) is 16.7 Å². The van der Waals surface area contributed by atoms with E-state index in [1.54, 1.807) is 6.07 Å². The van der Waals surface area contributed by atoms with Crippen LogP contribution < -0.4 is 5.73 Å². The van der Waals surface area contributed by atoms with Crippen LogP contribution in [0, 0.1) is 6.92 Å². The third-order valence-corrected chi connectivity index (χ3v) is 3.89. The molecule has 0 aliphatic heterocycles. The SMILES string of the molecule is Cc1cc(Cl)cc(C(N)Cc2ccc(Cl)c(Cl)c2)c1. The van der Waals surface area contributed by atoms with Crippen LogP contribution in [-0.2, 0) is 6.42 Å². The summed E-state index contributed by atoms with van der Waals surface area (Å²) in [6.45, 7) is 2.00. The molecule has 2 aromatic rings. The maximum atomic E-state index is 6.22. The van der Waals surface area contributed by atoms with Gasteiger partial charge in [-0.1, -0.05) is 46.9 Å². The molecule has 0 amide bonds. The first kappa shape index (κ1) is 14.7. The van der Waals surface area contributed by atoms with Gasteiger partial charge >= 0.3 is 0 Å². The van der Waals surface area contributed by atoms with E-state index in [4.69, 9.17) is 40.5 Å². The topological polar surface area (TPSA) is 26.0 Å². The van der Waals surface area contributed by atoms with Crippen molar-refractivity contribution in [1.82, 2.24) is 0 Å². The second-order valence-electron chi connectivity index (χ2n) is 4.62. The number of rotatable bonds is 3. The number of aryl methyl sites for hydroxylation is 1. The van der Waals surface area contributed by atoms with Crippen molar-refractivity contribution in [2.75, 3.05) is 0 Å². The van der Waals surface area contributed by atoms with Crippen molar-refractivity contribution in [3.8, 4) is 0 Å². The number of hydrogen-bond donors (Lipinski definition) is 1. The molecule has 0 heterocycles. The summed E-state index contributed by atoms with van der Waals surface area (Å²) in [5, 5.41) is 1.81. The molecule has 0 radical (unpaired) electrons. The lowest BCUT2D eigenvalue weighted by molar-refractivity contribution is 0.721. The minimum absolute atomic E-state index is 0.116. The molecule has 4 heteroatoms. The Balaban J connectivity index is 2.20. The van der Waals surface area contributed by atoms with E-state index >= 15 is 0 Å². The van der Waals surface area contributed by atoms with E-state index in [9.17, 15) is 0 Å². The molecule has 2 aromatic carbocycles. The molecule has 0 saturated carbocycles. The summed E-state index contributed by atoms with van der Waals surface area (Å²) in [6.07, 6.45) is 0.691. The zero-order valence-electron chi connectivity index (χ0n) is 10.5. The van der Waals surface area contributed by atoms with E-state index in [2.05, 4.69) is 0 Å². The Morgan fingerprint density at radius 2 is 1.74 bits per heavy atom. The van der Waals surface area contributed by atoms with Crippen molar-refractivity contribution < 1.29 is 0 Å². The average Bonchev–Trinajstić information content (AvgIpc) is 2.32. The fraction of sp³-hybridized carbons (Fsp3) is 0.200. The molecule has 19 heavy (non-hydrogen) atoms. The van der Waals surface area contributed by atoms with E-state index < -0.39 is 0 Å². The highest BCUT2D eigenvalue weighted by atomic mass is 35.5. The number of nitrogens with two attached hydrogens (primary N) is 1. The summed E-state index contributed by atoms with van der Waals surface area (Å²) in [6, 6.07) is 11.3. The van der Waals surface area contributed by atoms with Crippen molar-refractivity contribution in [2.24, 2.45) is 5.73 Å². The van der Waals surface area contributed by atoms with Crippen LogP contribution >= 0.6 is 34.8 Å². The van der Waals surface area contributed by atoms with Gasteiger partial charge in [-0.25, -0.2) is 0 Å². The van der Waals surface area contributed by atoms with Gasteiger partial charge in [0.25, 0.3) is 0 Å². The molecule has 1 atom stereocenters. The van der Waals surface area contributed by atoms with Gasteiger partial charge in [0.15, 0.2) is 0 Å². The molecular weight excluding hydrogens is 301 g/mol. The van der Waals surface area contributed by atoms with E-state index in [0.29, 0.717) is 21.5 Å². The van der Waals surface area contributed by atoms with Gasteiger partial charge < -0.3 is 5.73 Å². The quantitative estimate of drug-likeness (QED) is 0.828. The van der Waals surface area contributed by atoms with Crippen LogP contribution in [0.1, 0.15) is 22.7 Å². The van der Waals surface area contributed by atoms with Crippen LogP contribution in [-0.4, -0.2) is 0 Å². The second-order valence-corrected chi connectivity index (χ2v) is 5.87. The smallest absolute Gasteiger partial charge is 0.0595 e. The summed E-state index contributed by atoms with van der Waals surface area (Å²) >= 11 is 17.9. The molecule has 1 unspecified atom stereocenters. The van der Waals surface area contributed by atoms with Crippen molar-refractivity contribution >= 4 is 34.8 Å². The third-order valence-electron chi connectivity index (χ3n) is 2.93. The van der Waals surface area contributed by atoms with Crippen LogP contribution in [0.4, 0.5) is 0 Å². The average molecular weight is 315 g/mol. The highest BCUT2D eigenvalue weighted by Gasteiger charge is 2.10. The molecule has 1 nitrogen and oxygen atoms in total. The standard InChI is InChI=1S/C15H14Cl3N/c1-9-4-11(8-12(16)5-9)15(19)7-10-2-3-13(17)14(18)6-10/h2-6,8,15H,7,19H2,1H3. The Morgan fingerprint density at radius 1 is 1.00 bits per heavy atom. The Kier molecular flexibility index (Phi) is 4.75. The maximum Gasteiger partial charge on any atom is 0.0595 e. The van der Waals surface area contributed by atoms with Gasteiger partial charge in [0.05, 0.1) is 10.0 Å². The molecule has 0 saturated heterocycles. The van der Waals surface area contributed by atoms with Crippen LogP contribution in [0.3, 0.4) is 0 Å². The van der Waals surface area contributed by atoms with Gasteiger partial charge in [0.1, 0.15) is 0 Å². The predicted octanol–water partition coefficient (Wildman–Crippen LogP) is 5.20. The third kappa shape index (κ3) is 3.87. The number of hydrogen-bond acceptors (Lipinski definition) is 1. The van der Waals surface area contributed by atoms with Crippen molar-refractivity contribution in [3.05, 3.63) is 68.2 Å². The van der Waals surface area contributed by atoms with Gasteiger partial charge in [-0.15, -0.1) is 0 Å². The van der Waals surface area contributed by atoms with Gasteiger partial charge in [-0.2, -0.15) is 0 Å². The van der Waals surface area contributed by atoms with Crippen LogP contribution in [0.5, 0.6) is 0 Å². The normalized spacial score (nSPS) is 12.5. The zero-order valence-corrected chi connectivity index (χ0v) is 12.7. The highest BCUT2D eigenvalue weighted by molar-refractivity contribution is 6.42. The zero-order chi connectivity index (χ0) is 14.0. The molecule has 0 spiro atoms. The van der Waals surface area contributed by atoms with Gasteiger partial charge in [-0.05, 0) is 54.3 Å². The Bertz CT molecular complexity index is 576. The summed E-state index contributed by atoms with van der Waals surface area (Å²) in [4.78, 5) is 0. The largest absolute Gasteiger partial charge is 0.324 e. The summed E-state index contributed by atoms with van der Waals surface area (Å²) < 4.78 is 0. The van der Waals surface area contributed by atoms with Crippen molar-refractivity contribution in [1.29, 1.82) is 0 Å². The Hall–Kier alpha value is -0.730. The summed E-state index contributed by atoms with van der Waals surface area (Å²) in [5.74, 6) is 0.